The molecule has 1 heterocycles. The molecule has 1 aliphatic rings. The third-order valence-corrected chi connectivity index (χ3v) is 3.85. The molecular weight excluding hydrogens is 288 g/mol. The fourth-order valence-corrected chi connectivity index (χ4v) is 2.66. The van der Waals surface area contributed by atoms with Crippen molar-refractivity contribution in [3.63, 3.8) is 0 Å². The van der Waals surface area contributed by atoms with E-state index in [4.69, 9.17) is 4.74 Å². The normalized spacial score (nSPS) is 23.9. The largest absolute Gasteiger partial charge is 0.508 e. The molecule has 0 atom stereocenters. The van der Waals surface area contributed by atoms with E-state index in [-0.39, 0.29) is 30.9 Å². The Balaban J connectivity index is 1.86. The molecular formula is C15H22N2O5. The lowest BCUT2D eigenvalue weighted by atomic mass is 9.77. The van der Waals surface area contributed by atoms with Crippen molar-refractivity contribution in [2.75, 3.05) is 13.2 Å². The summed E-state index contributed by atoms with van der Waals surface area (Å²) in [5.74, 6) is -0.478. The Hall–Kier alpha value is -1.86. The number of nitrogens with one attached hydrogen (secondary N) is 1. The zero-order valence-electron chi connectivity index (χ0n) is 12.8. The minimum absolute atomic E-state index is 0.0499. The van der Waals surface area contributed by atoms with E-state index >= 15 is 0 Å². The highest BCUT2D eigenvalue weighted by Crippen LogP contribution is 2.33. The van der Waals surface area contributed by atoms with Crippen LogP contribution in [0.1, 0.15) is 25.5 Å². The van der Waals surface area contributed by atoms with Gasteiger partial charge in [0.1, 0.15) is 12.3 Å². The number of carbonyl (C=O) groups excluding carboxylic acids is 1. The van der Waals surface area contributed by atoms with Crippen molar-refractivity contribution in [2.45, 2.75) is 44.9 Å². The van der Waals surface area contributed by atoms with Gasteiger partial charge in [-0.3, -0.25) is 9.59 Å². The van der Waals surface area contributed by atoms with Gasteiger partial charge in [0.05, 0.1) is 11.7 Å². The van der Waals surface area contributed by atoms with E-state index in [0.29, 0.717) is 25.1 Å². The van der Waals surface area contributed by atoms with E-state index in [1.54, 1.807) is 6.92 Å². The van der Waals surface area contributed by atoms with Gasteiger partial charge in [-0.25, -0.2) is 0 Å². The predicted octanol–water partition coefficient (Wildman–Crippen LogP) is -0.0915. The first kappa shape index (κ1) is 16.5. The number of rotatable bonds is 6. The molecule has 1 saturated carbocycles. The zero-order valence-corrected chi connectivity index (χ0v) is 12.8. The zero-order chi connectivity index (χ0) is 16.3. The van der Waals surface area contributed by atoms with Crippen LogP contribution in [0.5, 0.6) is 5.75 Å². The number of pyridine rings is 1. The molecule has 1 aliphatic carbocycles. The number of hydrogen-bond donors (Lipinski definition) is 3. The van der Waals surface area contributed by atoms with Crippen LogP contribution in [0.3, 0.4) is 0 Å². The molecule has 0 aromatic carbocycles. The maximum atomic E-state index is 11.9. The Morgan fingerprint density at radius 3 is 2.77 bits per heavy atom. The number of aryl methyl sites for hydroxylation is 1. The fourth-order valence-electron chi connectivity index (χ4n) is 2.66. The van der Waals surface area contributed by atoms with E-state index in [1.807, 2.05) is 6.92 Å². The summed E-state index contributed by atoms with van der Waals surface area (Å²) in [5.41, 5.74) is -0.866. The monoisotopic (exact) mass is 310 g/mol. The molecule has 7 heteroatoms. The lowest BCUT2D eigenvalue weighted by Gasteiger charge is -2.43. The summed E-state index contributed by atoms with van der Waals surface area (Å²) in [7, 11) is 0. The predicted molar refractivity (Wildman–Crippen MR) is 79.7 cm³/mol. The Morgan fingerprint density at radius 1 is 1.50 bits per heavy atom. The molecule has 0 saturated heterocycles. The van der Waals surface area contributed by atoms with Crippen LogP contribution in [0.15, 0.2) is 16.9 Å². The lowest BCUT2D eigenvalue weighted by molar-refractivity contribution is -0.141. The molecule has 122 valence electrons. The van der Waals surface area contributed by atoms with Crippen LogP contribution in [0.25, 0.3) is 0 Å². The first-order valence-electron chi connectivity index (χ1n) is 7.34. The van der Waals surface area contributed by atoms with Crippen molar-refractivity contribution in [1.29, 1.82) is 0 Å². The highest BCUT2D eigenvalue weighted by molar-refractivity contribution is 5.75. The van der Waals surface area contributed by atoms with Crippen LogP contribution in [-0.4, -0.2) is 45.5 Å². The molecule has 0 bridgehead atoms. The highest BCUT2D eigenvalue weighted by atomic mass is 16.5. The van der Waals surface area contributed by atoms with Gasteiger partial charge in [-0.15, -0.1) is 0 Å². The molecule has 7 nitrogen and oxygen atoms in total. The first-order chi connectivity index (χ1) is 10.3. The number of aromatic nitrogens is 1. The van der Waals surface area contributed by atoms with Gasteiger partial charge in [-0.05, 0) is 19.9 Å². The highest BCUT2D eigenvalue weighted by Gasteiger charge is 2.43. The topological polar surface area (TPSA) is 101 Å². The van der Waals surface area contributed by atoms with Crippen LogP contribution in [0.4, 0.5) is 0 Å². The maximum absolute atomic E-state index is 11.9. The van der Waals surface area contributed by atoms with Crippen LogP contribution < -0.4 is 10.9 Å². The number of ether oxygens (including phenoxy) is 1. The Morgan fingerprint density at radius 2 is 2.18 bits per heavy atom. The van der Waals surface area contributed by atoms with Gasteiger partial charge in [0, 0.05) is 37.8 Å². The maximum Gasteiger partial charge on any atom is 0.254 e. The quantitative estimate of drug-likeness (QED) is 0.682. The summed E-state index contributed by atoms with van der Waals surface area (Å²) in [4.78, 5) is 23.7. The molecule has 0 aliphatic heterocycles. The van der Waals surface area contributed by atoms with E-state index in [9.17, 15) is 19.8 Å². The summed E-state index contributed by atoms with van der Waals surface area (Å²) < 4.78 is 6.64. The van der Waals surface area contributed by atoms with Crippen LogP contribution in [0.2, 0.25) is 0 Å². The molecule has 1 aromatic heterocycles. The van der Waals surface area contributed by atoms with Gasteiger partial charge in [0.15, 0.2) is 0 Å². The lowest BCUT2D eigenvalue weighted by Crippen LogP contribution is -2.55. The first-order valence-corrected chi connectivity index (χ1v) is 7.34. The summed E-state index contributed by atoms with van der Waals surface area (Å²) in [6.45, 7) is 4.14. The molecule has 2 rings (SSSR count). The van der Waals surface area contributed by atoms with E-state index < -0.39 is 11.2 Å². The van der Waals surface area contributed by atoms with Gasteiger partial charge < -0.3 is 24.8 Å². The molecule has 22 heavy (non-hydrogen) atoms. The van der Waals surface area contributed by atoms with Crippen molar-refractivity contribution in [3.05, 3.63) is 28.2 Å². The average Bonchev–Trinajstić information content (AvgIpc) is 2.39. The third-order valence-electron chi connectivity index (χ3n) is 3.85. The average molecular weight is 310 g/mol. The second-order valence-corrected chi connectivity index (χ2v) is 5.77. The van der Waals surface area contributed by atoms with Crippen molar-refractivity contribution in [3.8, 4) is 5.75 Å². The molecule has 1 aromatic rings. The number of amides is 1. The molecule has 0 unspecified atom stereocenters. The van der Waals surface area contributed by atoms with Gasteiger partial charge in [-0.2, -0.15) is 0 Å². The van der Waals surface area contributed by atoms with Gasteiger partial charge in [-0.1, -0.05) is 0 Å². The van der Waals surface area contributed by atoms with Gasteiger partial charge >= 0.3 is 0 Å². The summed E-state index contributed by atoms with van der Waals surface area (Å²) in [5, 5.41) is 22.1. The fraction of sp³-hybridized carbons (Fsp3) is 0.600. The Labute approximate surface area is 128 Å². The molecule has 0 spiro atoms. The van der Waals surface area contributed by atoms with Crippen molar-refractivity contribution >= 4 is 5.91 Å². The van der Waals surface area contributed by atoms with Crippen molar-refractivity contribution < 1.29 is 19.7 Å². The molecule has 3 N–H and O–H groups in total. The molecule has 1 amide bonds. The molecule has 1 fully saturated rings. The number of nitrogens with zero attached hydrogens (tertiary/aromatic N) is 1. The van der Waals surface area contributed by atoms with Gasteiger partial charge in [0.2, 0.25) is 5.91 Å². The summed E-state index contributed by atoms with van der Waals surface area (Å²) in [6, 6.07) is 2.48. The van der Waals surface area contributed by atoms with E-state index in [0.717, 1.165) is 6.07 Å². The summed E-state index contributed by atoms with van der Waals surface area (Å²) >= 11 is 0. The number of hydrogen-bond acceptors (Lipinski definition) is 5. The smallest absolute Gasteiger partial charge is 0.254 e. The minimum Gasteiger partial charge on any atom is -0.508 e. The Kier molecular flexibility index (Phi) is 4.87. The standard InChI is InChI=1S/C15H22N2O5/c1-3-22-12-6-15(21,7-12)9-16-13(19)8-17-10(2)4-11(18)5-14(17)20/h4-5,12,18,21H,3,6-9H2,1-2H3,(H,16,19). The Bertz CT molecular complexity index is 604. The minimum atomic E-state index is -0.926. The second-order valence-electron chi connectivity index (χ2n) is 5.77. The molecule has 0 radical (unpaired) electrons. The SMILES string of the molecule is CCOC1CC(O)(CNC(=O)Cn2c(C)cc(O)cc2=O)C1. The van der Waals surface area contributed by atoms with E-state index in [2.05, 4.69) is 5.32 Å². The van der Waals surface area contributed by atoms with E-state index in [1.165, 1.54) is 10.6 Å². The second kappa shape index (κ2) is 6.50. The number of carbonyl (C=O) groups is 1. The van der Waals surface area contributed by atoms with Crippen LogP contribution in [-0.2, 0) is 16.1 Å². The van der Waals surface area contributed by atoms with Crippen LogP contribution >= 0.6 is 0 Å². The number of aromatic hydroxyl groups is 1. The summed E-state index contributed by atoms with van der Waals surface area (Å²) in [6.07, 6.45) is 1.05. The third kappa shape index (κ3) is 3.86. The van der Waals surface area contributed by atoms with Crippen LogP contribution in [0, 0.1) is 6.92 Å². The van der Waals surface area contributed by atoms with Crippen molar-refractivity contribution in [1.82, 2.24) is 9.88 Å². The van der Waals surface area contributed by atoms with Gasteiger partial charge in [0.25, 0.3) is 5.56 Å². The number of aliphatic hydroxyl groups is 1. The van der Waals surface area contributed by atoms with Crippen molar-refractivity contribution in [2.24, 2.45) is 0 Å².